The maximum absolute atomic E-state index is 13.4. The van der Waals surface area contributed by atoms with Crippen molar-refractivity contribution in [2.75, 3.05) is 0 Å². The van der Waals surface area contributed by atoms with E-state index in [4.69, 9.17) is 51.5 Å². The Morgan fingerprint density at radius 1 is 1.00 bits per heavy atom. The molecule has 2 aromatic rings. The smallest absolute Gasteiger partial charge is 0.399 e. The van der Waals surface area contributed by atoms with Crippen LogP contribution in [0.3, 0.4) is 0 Å². The van der Waals surface area contributed by atoms with Crippen molar-refractivity contribution in [3.05, 3.63) is 73.2 Å². The van der Waals surface area contributed by atoms with Crippen LogP contribution in [0.5, 0.6) is 0 Å². The van der Waals surface area contributed by atoms with Gasteiger partial charge in [0.25, 0.3) is 0 Å². The molecule has 0 aromatic heterocycles. The summed E-state index contributed by atoms with van der Waals surface area (Å²) in [6.45, 7) is 0. The quantitative estimate of drug-likeness (QED) is 0.501. The Hall–Kier alpha value is -1.40. The van der Waals surface area contributed by atoms with Crippen LogP contribution in [-0.4, -0.2) is 17.3 Å². The summed E-state index contributed by atoms with van der Waals surface area (Å²) in [4.78, 5) is 10.9. The minimum Gasteiger partial charge on any atom is -0.478 e. The monoisotopic (exact) mass is 442 g/mol. The molecule has 0 saturated carbocycles. The average Bonchev–Trinajstić information content (AvgIpc) is 2.51. The molecule has 0 spiro atoms. The van der Waals surface area contributed by atoms with E-state index in [1.807, 2.05) is 0 Å². The first kappa shape index (κ1) is 20.9. The van der Waals surface area contributed by atoms with Crippen LogP contribution in [0.2, 0.25) is 20.1 Å². The second-order valence-corrected chi connectivity index (χ2v) is 6.82. The fraction of sp³-hybridized carbons (Fsp3) is 0.118. The highest BCUT2D eigenvalue weighted by Crippen LogP contribution is 2.41. The van der Waals surface area contributed by atoms with Crippen molar-refractivity contribution in [2.24, 2.45) is 0 Å². The van der Waals surface area contributed by atoms with E-state index in [0.717, 1.165) is 18.2 Å². The van der Waals surface area contributed by atoms with E-state index in [0.29, 0.717) is 5.56 Å². The van der Waals surface area contributed by atoms with Crippen LogP contribution in [-0.2, 0) is 0 Å². The zero-order valence-electron chi connectivity index (χ0n) is 12.6. The van der Waals surface area contributed by atoms with E-state index < -0.39 is 18.1 Å². The lowest BCUT2D eigenvalue weighted by Crippen LogP contribution is -2.19. The highest BCUT2D eigenvalue weighted by atomic mass is 35.5. The molecule has 2 nitrogen and oxygen atoms in total. The van der Waals surface area contributed by atoms with Gasteiger partial charge in [-0.15, -0.1) is 0 Å². The van der Waals surface area contributed by atoms with Gasteiger partial charge in [0.05, 0.1) is 31.6 Å². The summed E-state index contributed by atoms with van der Waals surface area (Å²) in [7, 11) is 0. The Morgan fingerprint density at radius 2 is 1.58 bits per heavy atom. The standard InChI is InChI=1S/C17H9Cl4F3O2/c18-12-5-8(1-3-10(12)16(25)26)2-4-11(17(22,23)24)9-6-13(19)15(21)14(20)7-9/h1-7,11H,(H,25,26)/b4-2+. The molecule has 0 heterocycles. The summed E-state index contributed by atoms with van der Waals surface area (Å²) < 4.78 is 40.3. The molecule has 0 aliphatic carbocycles. The van der Waals surface area contributed by atoms with Crippen molar-refractivity contribution >= 4 is 58.4 Å². The first-order valence-electron chi connectivity index (χ1n) is 6.93. The molecule has 138 valence electrons. The molecule has 0 aliphatic rings. The van der Waals surface area contributed by atoms with Gasteiger partial charge >= 0.3 is 12.1 Å². The van der Waals surface area contributed by atoms with Crippen LogP contribution in [0.25, 0.3) is 6.08 Å². The summed E-state index contributed by atoms with van der Waals surface area (Å²) in [5.41, 5.74) is -0.0192. The number of carboxylic acid groups (broad SMARTS) is 1. The SMILES string of the molecule is O=C(O)c1ccc(/C=C/C(c2cc(Cl)c(Cl)c(Cl)c2)C(F)(F)F)cc1Cl. The molecule has 0 aliphatic heterocycles. The number of aromatic carboxylic acids is 1. The molecule has 1 N–H and O–H groups in total. The Labute approximate surface area is 166 Å². The molecule has 0 fully saturated rings. The first-order chi connectivity index (χ1) is 12.0. The Balaban J connectivity index is 2.42. The number of carboxylic acids is 1. The summed E-state index contributed by atoms with van der Waals surface area (Å²) in [6, 6.07) is 6.01. The van der Waals surface area contributed by atoms with Gasteiger partial charge in [-0.3, -0.25) is 0 Å². The highest BCUT2D eigenvalue weighted by molar-refractivity contribution is 6.48. The molecular formula is C17H9Cl4F3O2. The Kier molecular flexibility index (Phi) is 6.51. The van der Waals surface area contributed by atoms with E-state index in [2.05, 4.69) is 0 Å². The molecule has 2 aromatic carbocycles. The number of allylic oxidation sites excluding steroid dienone is 1. The molecule has 26 heavy (non-hydrogen) atoms. The molecule has 0 amide bonds. The lowest BCUT2D eigenvalue weighted by molar-refractivity contribution is -0.139. The fourth-order valence-corrected chi connectivity index (χ4v) is 3.06. The summed E-state index contributed by atoms with van der Waals surface area (Å²) in [5, 5.41) is 8.62. The Morgan fingerprint density at radius 3 is 2.04 bits per heavy atom. The van der Waals surface area contributed by atoms with E-state index in [1.54, 1.807) is 0 Å². The van der Waals surface area contributed by atoms with Crippen LogP contribution < -0.4 is 0 Å². The average molecular weight is 444 g/mol. The van der Waals surface area contributed by atoms with Crippen LogP contribution in [0, 0.1) is 0 Å². The van der Waals surface area contributed by atoms with E-state index >= 15 is 0 Å². The molecular weight excluding hydrogens is 435 g/mol. The largest absolute Gasteiger partial charge is 0.478 e. The predicted molar refractivity (Wildman–Crippen MR) is 97.7 cm³/mol. The Bertz CT molecular complexity index is 856. The zero-order valence-corrected chi connectivity index (χ0v) is 15.6. The molecule has 0 bridgehead atoms. The van der Waals surface area contributed by atoms with Crippen molar-refractivity contribution in [1.82, 2.24) is 0 Å². The van der Waals surface area contributed by atoms with Gasteiger partial charge in [0.1, 0.15) is 0 Å². The lowest BCUT2D eigenvalue weighted by atomic mass is 9.97. The summed E-state index contributed by atoms with van der Waals surface area (Å²) in [6.07, 6.45) is -2.52. The lowest BCUT2D eigenvalue weighted by Gasteiger charge is -2.18. The van der Waals surface area contributed by atoms with Gasteiger partial charge in [-0.2, -0.15) is 13.2 Å². The van der Waals surface area contributed by atoms with Gasteiger partial charge in [-0.25, -0.2) is 4.79 Å². The van der Waals surface area contributed by atoms with Gasteiger partial charge in [0.2, 0.25) is 0 Å². The van der Waals surface area contributed by atoms with Crippen LogP contribution in [0.15, 0.2) is 36.4 Å². The second kappa shape index (κ2) is 8.09. The third-order valence-electron chi connectivity index (χ3n) is 3.42. The number of carbonyl (C=O) groups is 1. The number of hydrogen-bond donors (Lipinski definition) is 1. The third-order valence-corrected chi connectivity index (χ3v) is 4.93. The van der Waals surface area contributed by atoms with Crippen molar-refractivity contribution in [3.8, 4) is 0 Å². The van der Waals surface area contributed by atoms with Gasteiger partial charge in [0, 0.05) is 0 Å². The maximum Gasteiger partial charge on any atom is 0.399 e. The van der Waals surface area contributed by atoms with Gasteiger partial charge in [-0.05, 0) is 35.4 Å². The van der Waals surface area contributed by atoms with Gasteiger partial charge in [0.15, 0.2) is 0 Å². The third kappa shape index (κ3) is 4.86. The first-order valence-corrected chi connectivity index (χ1v) is 8.44. The number of rotatable bonds is 4. The number of alkyl halides is 3. The van der Waals surface area contributed by atoms with Gasteiger partial charge < -0.3 is 5.11 Å². The molecule has 9 heteroatoms. The normalized spacial score (nSPS) is 13.2. The van der Waals surface area contributed by atoms with Crippen molar-refractivity contribution < 1.29 is 23.1 Å². The maximum atomic E-state index is 13.4. The minimum absolute atomic E-state index is 0.0296. The van der Waals surface area contributed by atoms with Crippen molar-refractivity contribution in [1.29, 1.82) is 0 Å². The predicted octanol–water partition coefficient (Wildman–Crippen LogP) is 7.36. The van der Waals surface area contributed by atoms with E-state index in [1.165, 1.54) is 24.3 Å². The number of halogens is 7. The van der Waals surface area contributed by atoms with E-state index in [-0.39, 0.29) is 31.2 Å². The number of hydrogen-bond acceptors (Lipinski definition) is 1. The molecule has 0 saturated heterocycles. The topological polar surface area (TPSA) is 37.3 Å². The zero-order chi connectivity index (χ0) is 19.6. The summed E-state index contributed by atoms with van der Waals surface area (Å²) in [5.74, 6) is -3.23. The van der Waals surface area contributed by atoms with Crippen LogP contribution >= 0.6 is 46.4 Å². The minimum atomic E-state index is -4.61. The van der Waals surface area contributed by atoms with Crippen molar-refractivity contribution in [2.45, 2.75) is 12.1 Å². The molecule has 1 atom stereocenters. The summed E-state index contributed by atoms with van der Waals surface area (Å²) >= 11 is 23.2. The molecule has 0 radical (unpaired) electrons. The van der Waals surface area contributed by atoms with E-state index in [9.17, 15) is 18.0 Å². The van der Waals surface area contributed by atoms with Crippen LogP contribution in [0.1, 0.15) is 27.4 Å². The molecule has 2 rings (SSSR count). The van der Waals surface area contributed by atoms with Crippen LogP contribution in [0.4, 0.5) is 13.2 Å². The highest BCUT2D eigenvalue weighted by Gasteiger charge is 2.39. The second-order valence-electron chi connectivity index (χ2n) is 5.22. The fourth-order valence-electron chi connectivity index (χ4n) is 2.18. The van der Waals surface area contributed by atoms with Crippen molar-refractivity contribution in [3.63, 3.8) is 0 Å². The number of benzene rings is 2. The van der Waals surface area contributed by atoms with Gasteiger partial charge in [-0.1, -0.05) is 64.6 Å². The molecule has 1 unspecified atom stereocenters.